The number of nitrogens with one attached hydrogen (secondary N) is 1. The van der Waals surface area contributed by atoms with Gasteiger partial charge in [-0.3, -0.25) is 9.69 Å². The van der Waals surface area contributed by atoms with Gasteiger partial charge < -0.3 is 23.9 Å². The number of aryl methyl sites for hydroxylation is 1. The fraction of sp³-hybridized carbons (Fsp3) is 0.320. The van der Waals surface area contributed by atoms with Crippen LogP contribution in [-0.2, 0) is 19.5 Å². The number of rotatable bonds is 5. The summed E-state index contributed by atoms with van der Waals surface area (Å²) >= 11 is 0. The Hall–Kier alpha value is -3.45. The summed E-state index contributed by atoms with van der Waals surface area (Å²) in [5, 5.41) is 3.00. The zero-order chi connectivity index (χ0) is 22.1. The normalized spacial score (nSPS) is 15.2. The second-order valence-electron chi connectivity index (χ2n) is 8.06. The van der Waals surface area contributed by atoms with E-state index in [0.29, 0.717) is 48.3 Å². The van der Waals surface area contributed by atoms with Gasteiger partial charge in [-0.2, -0.15) is 0 Å². The number of benzene rings is 2. The average molecular weight is 434 g/mol. The summed E-state index contributed by atoms with van der Waals surface area (Å²) < 4.78 is 22.4. The fourth-order valence-electron chi connectivity index (χ4n) is 4.32. The van der Waals surface area contributed by atoms with Crippen LogP contribution in [0.1, 0.15) is 33.0 Å². The van der Waals surface area contributed by atoms with Gasteiger partial charge in [0.1, 0.15) is 30.5 Å². The number of carbonyl (C=O) groups is 1. The number of hydrogen-bond donors (Lipinski definition) is 1. The number of anilines is 1. The minimum absolute atomic E-state index is 0.171. The van der Waals surface area contributed by atoms with Crippen molar-refractivity contribution >= 4 is 11.6 Å². The first-order valence-corrected chi connectivity index (χ1v) is 10.8. The predicted molar refractivity (Wildman–Crippen MR) is 120 cm³/mol. The van der Waals surface area contributed by atoms with Crippen LogP contribution in [0.4, 0.5) is 5.69 Å². The van der Waals surface area contributed by atoms with E-state index in [1.807, 2.05) is 31.2 Å². The summed E-state index contributed by atoms with van der Waals surface area (Å²) in [4.78, 5) is 15.5. The molecular formula is C25H26N2O5. The number of nitrogens with zero attached hydrogens (tertiary/aromatic N) is 1. The molecule has 0 bridgehead atoms. The average Bonchev–Trinajstić information content (AvgIpc) is 3.14. The molecule has 5 rings (SSSR count). The largest absolute Gasteiger partial charge is 0.497 e. The van der Waals surface area contributed by atoms with Crippen LogP contribution in [0.3, 0.4) is 0 Å². The molecule has 166 valence electrons. The molecule has 32 heavy (non-hydrogen) atoms. The van der Waals surface area contributed by atoms with Gasteiger partial charge in [-0.15, -0.1) is 0 Å². The van der Waals surface area contributed by atoms with Crippen LogP contribution in [0.5, 0.6) is 17.2 Å². The summed E-state index contributed by atoms with van der Waals surface area (Å²) in [5.74, 6) is 3.57. The maximum Gasteiger partial charge on any atom is 0.259 e. The summed E-state index contributed by atoms with van der Waals surface area (Å²) in [7, 11) is 1.67. The maximum absolute atomic E-state index is 13.2. The SMILES string of the molecule is COc1ccc(CN2CCc3oc(C)c(C(=O)Nc4ccc5c(c4)OCCO5)c3C2)cc1. The number of amides is 1. The molecule has 7 heteroatoms. The van der Waals surface area contributed by atoms with E-state index in [0.717, 1.165) is 36.6 Å². The van der Waals surface area contributed by atoms with E-state index >= 15 is 0 Å². The smallest absolute Gasteiger partial charge is 0.259 e. The first-order chi connectivity index (χ1) is 15.6. The maximum atomic E-state index is 13.2. The standard InChI is InChI=1S/C25H26N2O5/c1-16-24(25(28)26-18-5-8-22-23(13-18)31-12-11-30-22)20-15-27(10-9-21(20)32-16)14-17-3-6-19(29-2)7-4-17/h3-8,13H,9-12,14-15H2,1-2H3,(H,26,28). The summed E-state index contributed by atoms with van der Waals surface area (Å²) in [6.07, 6.45) is 0.781. The van der Waals surface area contributed by atoms with Crippen molar-refractivity contribution in [3.63, 3.8) is 0 Å². The van der Waals surface area contributed by atoms with Gasteiger partial charge in [0.25, 0.3) is 5.91 Å². The van der Waals surface area contributed by atoms with Crippen LogP contribution >= 0.6 is 0 Å². The third-order valence-electron chi connectivity index (χ3n) is 5.90. The summed E-state index contributed by atoms with van der Waals surface area (Å²) in [6.45, 7) is 5.24. The molecule has 0 aliphatic carbocycles. The van der Waals surface area contributed by atoms with Crippen molar-refractivity contribution in [3.8, 4) is 17.2 Å². The van der Waals surface area contributed by atoms with Gasteiger partial charge in [-0.1, -0.05) is 12.1 Å². The highest BCUT2D eigenvalue weighted by atomic mass is 16.6. The van der Waals surface area contributed by atoms with E-state index in [-0.39, 0.29) is 5.91 Å². The molecule has 3 aromatic rings. The quantitative estimate of drug-likeness (QED) is 0.650. The van der Waals surface area contributed by atoms with Crippen molar-refractivity contribution < 1.29 is 23.4 Å². The van der Waals surface area contributed by atoms with E-state index in [9.17, 15) is 4.79 Å². The highest BCUT2D eigenvalue weighted by molar-refractivity contribution is 6.06. The lowest BCUT2D eigenvalue weighted by Gasteiger charge is -2.26. The molecule has 0 saturated heterocycles. The lowest BCUT2D eigenvalue weighted by atomic mass is 10.0. The molecule has 0 fully saturated rings. The molecule has 0 unspecified atom stereocenters. The molecule has 3 heterocycles. The van der Waals surface area contributed by atoms with Gasteiger partial charge in [0, 0.05) is 43.4 Å². The number of ether oxygens (including phenoxy) is 3. The zero-order valence-electron chi connectivity index (χ0n) is 18.3. The molecule has 2 aliphatic rings. The predicted octanol–water partition coefficient (Wildman–Crippen LogP) is 4.18. The van der Waals surface area contributed by atoms with Gasteiger partial charge in [-0.05, 0) is 36.8 Å². The van der Waals surface area contributed by atoms with E-state index in [4.69, 9.17) is 18.6 Å². The Balaban J connectivity index is 1.32. The first kappa shape index (κ1) is 20.5. The second-order valence-corrected chi connectivity index (χ2v) is 8.06. The third-order valence-corrected chi connectivity index (χ3v) is 5.90. The van der Waals surface area contributed by atoms with Crippen molar-refractivity contribution in [2.24, 2.45) is 0 Å². The molecule has 1 aromatic heterocycles. The molecule has 7 nitrogen and oxygen atoms in total. The monoisotopic (exact) mass is 434 g/mol. The van der Waals surface area contributed by atoms with Gasteiger partial charge in [0.05, 0.1) is 12.7 Å². The van der Waals surface area contributed by atoms with Crippen LogP contribution < -0.4 is 19.5 Å². The molecule has 2 aliphatic heterocycles. The first-order valence-electron chi connectivity index (χ1n) is 10.8. The lowest BCUT2D eigenvalue weighted by molar-refractivity contribution is 0.102. The summed E-state index contributed by atoms with van der Waals surface area (Å²) in [5.41, 5.74) is 3.46. The van der Waals surface area contributed by atoms with Gasteiger partial charge in [0.15, 0.2) is 11.5 Å². The van der Waals surface area contributed by atoms with Crippen LogP contribution in [0, 0.1) is 6.92 Å². The molecular weight excluding hydrogens is 408 g/mol. The number of methoxy groups -OCH3 is 1. The van der Waals surface area contributed by atoms with Crippen LogP contribution in [-0.4, -0.2) is 37.7 Å². The molecule has 1 N–H and O–H groups in total. The molecule has 0 saturated carbocycles. The lowest BCUT2D eigenvalue weighted by Crippen LogP contribution is -2.30. The van der Waals surface area contributed by atoms with Crippen molar-refractivity contribution in [2.45, 2.75) is 26.4 Å². The van der Waals surface area contributed by atoms with Crippen LogP contribution in [0.25, 0.3) is 0 Å². The Kier molecular flexibility index (Phi) is 5.49. The number of hydrogen-bond acceptors (Lipinski definition) is 6. The Morgan fingerprint density at radius 1 is 1.09 bits per heavy atom. The molecule has 2 aromatic carbocycles. The molecule has 0 spiro atoms. The van der Waals surface area contributed by atoms with E-state index in [2.05, 4.69) is 22.3 Å². The van der Waals surface area contributed by atoms with E-state index in [1.165, 1.54) is 5.56 Å². The van der Waals surface area contributed by atoms with Crippen molar-refractivity contribution in [2.75, 3.05) is 32.2 Å². The van der Waals surface area contributed by atoms with Gasteiger partial charge in [0.2, 0.25) is 0 Å². The van der Waals surface area contributed by atoms with Crippen LogP contribution in [0.2, 0.25) is 0 Å². The zero-order valence-corrected chi connectivity index (χ0v) is 18.3. The van der Waals surface area contributed by atoms with Crippen molar-refractivity contribution in [3.05, 3.63) is 70.7 Å². The van der Waals surface area contributed by atoms with Gasteiger partial charge in [-0.25, -0.2) is 0 Å². The Morgan fingerprint density at radius 3 is 2.66 bits per heavy atom. The Labute approximate surface area is 186 Å². The second kappa shape index (κ2) is 8.59. The van der Waals surface area contributed by atoms with Crippen molar-refractivity contribution in [1.82, 2.24) is 4.90 Å². The Bertz CT molecular complexity index is 1140. The number of fused-ring (bicyclic) bond motifs is 2. The van der Waals surface area contributed by atoms with Gasteiger partial charge >= 0.3 is 0 Å². The molecule has 0 atom stereocenters. The fourth-order valence-corrected chi connectivity index (χ4v) is 4.32. The minimum Gasteiger partial charge on any atom is -0.497 e. The Morgan fingerprint density at radius 2 is 1.88 bits per heavy atom. The van der Waals surface area contributed by atoms with Crippen LogP contribution in [0.15, 0.2) is 46.9 Å². The number of furan rings is 1. The highest BCUT2D eigenvalue weighted by Crippen LogP contribution is 2.34. The summed E-state index contributed by atoms with van der Waals surface area (Å²) in [6, 6.07) is 13.5. The van der Waals surface area contributed by atoms with E-state index in [1.54, 1.807) is 13.2 Å². The third kappa shape index (κ3) is 4.03. The molecule has 1 amide bonds. The highest BCUT2D eigenvalue weighted by Gasteiger charge is 2.28. The van der Waals surface area contributed by atoms with E-state index < -0.39 is 0 Å². The topological polar surface area (TPSA) is 73.2 Å². The van der Waals surface area contributed by atoms with Crippen molar-refractivity contribution in [1.29, 1.82) is 0 Å². The minimum atomic E-state index is -0.171. The number of carbonyl (C=O) groups excluding carboxylic acids is 1. The molecule has 0 radical (unpaired) electrons.